The van der Waals surface area contributed by atoms with Gasteiger partial charge in [0.1, 0.15) is 0 Å². The molecule has 7 heteroatoms. The molecule has 1 heterocycles. The number of carbonyl (C=O) groups excluding carboxylic acids is 1. The first-order valence-electron chi connectivity index (χ1n) is 9.15. The number of rotatable bonds is 7. The lowest BCUT2D eigenvalue weighted by Gasteiger charge is -2.34. The average Bonchev–Trinajstić information content (AvgIpc) is 3.11. The first kappa shape index (κ1) is 19.2. The first-order chi connectivity index (χ1) is 12.6. The normalized spacial score (nSPS) is 22.8. The van der Waals surface area contributed by atoms with Gasteiger partial charge >= 0.3 is 0 Å². The Bertz CT molecular complexity index is 707. The van der Waals surface area contributed by atoms with E-state index in [0.29, 0.717) is 23.6 Å². The van der Waals surface area contributed by atoms with Gasteiger partial charge in [-0.2, -0.15) is 0 Å². The van der Waals surface area contributed by atoms with Crippen molar-refractivity contribution in [2.24, 2.45) is 11.8 Å². The van der Waals surface area contributed by atoms with Gasteiger partial charge in [-0.25, -0.2) is 0 Å². The summed E-state index contributed by atoms with van der Waals surface area (Å²) in [6.07, 6.45) is 3.57. The van der Waals surface area contributed by atoms with Gasteiger partial charge in [0.25, 0.3) is 0 Å². The molecule has 1 amide bonds. The fraction of sp³-hybridized carbons (Fsp3) is 0.526. The number of hydrogen-bond donors (Lipinski definition) is 2. The number of anilines is 1. The number of aromatic nitrogens is 2. The van der Waals surface area contributed by atoms with Crippen molar-refractivity contribution in [3.05, 3.63) is 35.9 Å². The predicted molar refractivity (Wildman–Crippen MR) is 109 cm³/mol. The number of nitrogens with one attached hydrogen (secondary N) is 2. The Hall–Kier alpha value is -1.60. The minimum absolute atomic E-state index is 0.0925. The van der Waals surface area contributed by atoms with E-state index in [1.807, 2.05) is 18.2 Å². The average molecular weight is 391 g/mol. The van der Waals surface area contributed by atoms with Crippen LogP contribution in [0.25, 0.3) is 0 Å². The highest BCUT2D eigenvalue weighted by molar-refractivity contribution is 8.01. The minimum atomic E-state index is 0.0925. The highest BCUT2D eigenvalue weighted by Crippen LogP contribution is 2.30. The van der Waals surface area contributed by atoms with Gasteiger partial charge in [0, 0.05) is 12.6 Å². The van der Waals surface area contributed by atoms with Gasteiger partial charge in [-0.15, -0.1) is 10.2 Å². The molecular formula is C19H26N4OS2. The largest absolute Gasteiger partial charge is 0.356 e. The Morgan fingerprint density at radius 2 is 2.04 bits per heavy atom. The van der Waals surface area contributed by atoms with Gasteiger partial charge < -0.3 is 10.6 Å². The molecule has 0 radical (unpaired) electrons. The Morgan fingerprint density at radius 1 is 1.23 bits per heavy atom. The van der Waals surface area contributed by atoms with E-state index in [1.54, 1.807) is 0 Å². The van der Waals surface area contributed by atoms with Crippen LogP contribution in [0.1, 0.15) is 38.7 Å². The Kier molecular flexibility index (Phi) is 6.91. The third-order valence-electron chi connectivity index (χ3n) is 5.07. The summed E-state index contributed by atoms with van der Waals surface area (Å²) in [7, 11) is 0. The quantitative estimate of drug-likeness (QED) is 0.694. The van der Waals surface area contributed by atoms with E-state index in [0.717, 1.165) is 22.4 Å². The van der Waals surface area contributed by atoms with Gasteiger partial charge in [0.15, 0.2) is 4.34 Å². The fourth-order valence-corrected chi connectivity index (χ4v) is 4.83. The number of benzene rings is 1. The Balaban J connectivity index is 1.42. The molecule has 1 aromatic heterocycles. The summed E-state index contributed by atoms with van der Waals surface area (Å²) in [5.74, 6) is 1.72. The van der Waals surface area contributed by atoms with E-state index in [2.05, 4.69) is 46.8 Å². The number of carbonyl (C=O) groups is 1. The number of hydrogen-bond acceptors (Lipinski definition) is 6. The van der Waals surface area contributed by atoms with Crippen LogP contribution < -0.4 is 10.6 Å². The van der Waals surface area contributed by atoms with Crippen LogP contribution in [0.2, 0.25) is 0 Å². The molecular weight excluding hydrogens is 364 g/mol. The molecule has 1 aliphatic carbocycles. The second-order valence-electron chi connectivity index (χ2n) is 6.94. The highest BCUT2D eigenvalue weighted by Gasteiger charge is 2.28. The zero-order valence-corrected chi connectivity index (χ0v) is 16.9. The van der Waals surface area contributed by atoms with Crippen molar-refractivity contribution >= 4 is 34.1 Å². The van der Waals surface area contributed by atoms with Gasteiger partial charge in [-0.1, -0.05) is 80.1 Å². The monoisotopic (exact) mass is 390 g/mol. The summed E-state index contributed by atoms with van der Waals surface area (Å²) in [5, 5.41) is 15.6. The molecule has 0 unspecified atom stereocenters. The molecule has 2 aromatic rings. The summed E-state index contributed by atoms with van der Waals surface area (Å²) >= 11 is 2.95. The summed E-state index contributed by atoms with van der Waals surface area (Å²) < 4.78 is 0.820. The molecule has 2 N–H and O–H groups in total. The zero-order valence-electron chi connectivity index (χ0n) is 15.3. The predicted octanol–water partition coefficient (Wildman–Crippen LogP) is 4.18. The van der Waals surface area contributed by atoms with Crippen molar-refractivity contribution in [1.29, 1.82) is 0 Å². The smallest absolute Gasteiger partial charge is 0.230 e. The molecule has 1 aliphatic rings. The van der Waals surface area contributed by atoms with E-state index in [4.69, 9.17) is 0 Å². The minimum Gasteiger partial charge on any atom is -0.356 e. The molecule has 140 valence electrons. The van der Waals surface area contributed by atoms with E-state index in [1.165, 1.54) is 41.5 Å². The van der Waals surface area contributed by atoms with Gasteiger partial charge in [-0.05, 0) is 23.8 Å². The molecule has 1 fully saturated rings. The first-order valence-corrected chi connectivity index (χ1v) is 11.0. The number of thioether (sulfide) groups is 1. The van der Waals surface area contributed by atoms with Gasteiger partial charge in [0.05, 0.1) is 5.75 Å². The van der Waals surface area contributed by atoms with Crippen molar-refractivity contribution in [2.75, 3.05) is 11.1 Å². The van der Waals surface area contributed by atoms with Crippen molar-refractivity contribution in [1.82, 2.24) is 15.5 Å². The Labute approximate surface area is 163 Å². The molecule has 0 bridgehead atoms. The van der Waals surface area contributed by atoms with E-state index < -0.39 is 0 Å². The van der Waals surface area contributed by atoms with Crippen LogP contribution >= 0.6 is 23.1 Å². The van der Waals surface area contributed by atoms with Crippen molar-refractivity contribution in [3.63, 3.8) is 0 Å². The number of amides is 1. The van der Waals surface area contributed by atoms with Crippen molar-refractivity contribution in [2.45, 2.75) is 50.0 Å². The maximum Gasteiger partial charge on any atom is 0.230 e. The van der Waals surface area contributed by atoms with Crippen molar-refractivity contribution < 1.29 is 4.79 Å². The summed E-state index contributed by atoms with van der Waals surface area (Å²) in [5.41, 5.74) is 1.20. The molecule has 0 saturated heterocycles. The van der Waals surface area contributed by atoms with Crippen LogP contribution in [0.3, 0.4) is 0 Å². The van der Waals surface area contributed by atoms with Crippen molar-refractivity contribution in [3.8, 4) is 0 Å². The standard InChI is InChI=1S/C19H26N4OS2/c1-13-7-6-10-16(14(13)2)21-17(24)12-25-19-23-22-18(26-19)20-11-15-8-4-3-5-9-15/h3-5,8-9,13-14,16H,6-7,10-12H2,1-2H3,(H,20,22)(H,21,24)/t13-,14+,16-/m0/s1. The van der Waals surface area contributed by atoms with E-state index in [-0.39, 0.29) is 5.91 Å². The second kappa shape index (κ2) is 9.37. The van der Waals surface area contributed by atoms with Gasteiger partial charge in [-0.3, -0.25) is 4.79 Å². The summed E-state index contributed by atoms with van der Waals surface area (Å²) in [6, 6.07) is 10.5. The van der Waals surface area contributed by atoms with Crippen LogP contribution in [0.15, 0.2) is 34.7 Å². The molecule has 0 aliphatic heterocycles. The lowest BCUT2D eigenvalue weighted by Crippen LogP contribution is -2.44. The van der Waals surface area contributed by atoms with E-state index >= 15 is 0 Å². The molecule has 3 rings (SSSR count). The third kappa shape index (κ3) is 5.45. The summed E-state index contributed by atoms with van der Waals surface area (Å²) in [4.78, 5) is 12.3. The second-order valence-corrected chi connectivity index (χ2v) is 9.14. The molecule has 0 spiro atoms. The lowest BCUT2D eigenvalue weighted by molar-refractivity contribution is -0.119. The zero-order chi connectivity index (χ0) is 18.4. The molecule has 1 saturated carbocycles. The lowest BCUT2D eigenvalue weighted by atomic mass is 9.78. The van der Waals surface area contributed by atoms with Gasteiger partial charge in [0.2, 0.25) is 11.0 Å². The SMILES string of the molecule is C[C@H]1[C@@H](NC(=O)CSc2nnc(NCc3ccccc3)s2)CCC[C@@H]1C. The van der Waals surface area contributed by atoms with E-state index in [9.17, 15) is 4.79 Å². The third-order valence-corrected chi connectivity index (χ3v) is 7.09. The molecule has 5 nitrogen and oxygen atoms in total. The molecule has 1 aromatic carbocycles. The fourth-order valence-electron chi connectivity index (χ4n) is 3.27. The topological polar surface area (TPSA) is 66.9 Å². The van der Waals surface area contributed by atoms with Crippen LogP contribution in [0.4, 0.5) is 5.13 Å². The van der Waals surface area contributed by atoms with Crippen LogP contribution in [-0.4, -0.2) is 27.9 Å². The van der Waals surface area contributed by atoms with Crippen LogP contribution in [-0.2, 0) is 11.3 Å². The van der Waals surface area contributed by atoms with Crippen LogP contribution in [0.5, 0.6) is 0 Å². The Morgan fingerprint density at radius 3 is 2.85 bits per heavy atom. The van der Waals surface area contributed by atoms with Crippen LogP contribution in [0, 0.1) is 11.8 Å². The maximum atomic E-state index is 12.3. The molecule has 26 heavy (non-hydrogen) atoms. The number of nitrogens with zero attached hydrogens (tertiary/aromatic N) is 2. The highest BCUT2D eigenvalue weighted by atomic mass is 32.2. The maximum absolute atomic E-state index is 12.3. The molecule has 3 atom stereocenters. The summed E-state index contributed by atoms with van der Waals surface area (Å²) in [6.45, 7) is 5.25.